The second kappa shape index (κ2) is 4.57. The van der Waals surface area contributed by atoms with E-state index in [2.05, 4.69) is 14.7 Å². The molecule has 1 aromatic carbocycles. The van der Waals surface area contributed by atoms with E-state index in [4.69, 9.17) is 0 Å². The summed E-state index contributed by atoms with van der Waals surface area (Å²) in [5.74, 6) is -1.30. The van der Waals surface area contributed by atoms with Crippen molar-refractivity contribution in [1.82, 2.24) is 9.97 Å². The van der Waals surface area contributed by atoms with E-state index < -0.39 is 20.7 Å². The average molecular weight is 269 g/mol. The van der Waals surface area contributed by atoms with Crippen LogP contribution in [0.3, 0.4) is 0 Å². The van der Waals surface area contributed by atoms with Gasteiger partial charge in [-0.15, -0.1) is 0 Å². The van der Waals surface area contributed by atoms with Crippen molar-refractivity contribution in [3.8, 4) is 5.75 Å². The van der Waals surface area contributed by atoms with Crippen molar-refractivity contribution in [2.24, 2.45) is 0 Å². The van der Waals surface area contributed by atoms with Gasteiger partial charge in [0.1, 0.15) is 28.6 Å². The van der Waals surface area contributed by atoms with Crippen molar-refractivity contribution in [2.45, 2.75) is 4.90 Å². The molecule has 0 saturated heterocycles. The Balaban J connectivity index is 2.40. The fourth-order valence-corrected chi connectivity index (χ4v) is 2.35. The summed E-state index contributed by atoms with van der Waals surface area (Å²) in [7, 11) is -4.14. The molecule has 0 fully saturated rings. The highest BCUT2D eigenvalue weighted by atomic mass is 32.2. The average Bonchev–Trinajstić information content (AvgIpc) is 2.33. The minimum atomic E-state index is -4.14. The number of nitrogens with one attached hydrogen (secondary N) is 1. The second-order valence-corrected chi connectivity index (χ2v) is 4.97. The molecular formula is C10H8FN3O3S. The standard InChI is InChI=1S/C10H8FN3O3S/c11-8-2-1-7(15)5-9(8)18(16,17)14-10-3-4-12-6-13-10/h1-6,15H,(H,12,13,14). The summed E-state index contributed by atoms with van der Waals surface area (Å²) in [5, 5.41) is 9.18. The van der Waals surface area contributed by atoms with E-state index in [1.165, 1.54) is 12.3 Å². The Kier molecular flexibility index (Phi) is 3.11. The number of aromatic nitrogens is 2. The zero-order valence-corrected chi connectivity index (χ0v) is 9.72. The van der Waals surface area contributed by atoms with Crippen LogP contribution in [0.25, 0.3) is 0 Å². The topological polar surface area (TPSA) is 92.2 Å². The number of rotatable bonds is 3. The number of benzene rings is 1. The normalized spacial score (nSPS) is 11.2. The minimum absolute atomic E-state index is 0.00717. The van der Waals surface area contributed by atoms with Gasteiger partial charge in [0.15, 0.2) is 0 Å². The molecule has 6 nitrogen and oxygen atoms in total. The van der Waals surface area contributed by atoms with Gasteiger partial charge in [-0.25, -0.2) is 22.8 Å². The van der Waals surface area contributed by atoms with E-state index >= 15 is 0 Å². The number of halogens is 1. The fourth-order valence-electron chi connectivity index (χ4n) is 1.24. The third-order valence-electron chi connectivity index (χ3n) is 2.03. The molecule has 0 aliphatic rings. The third-order valence-corrected chi connectivity index (χ3v) is 3.39. The maximum Gasteiger partial charge on any atom is 0.266 e. The summed E-state index contributed by atoms with van der Waals surface area (Å²) in [6.07, 6.45) is 2.49. The van der Waals surface area contributed by atoms with Crippen LogP contribution in [-0.4, -0.2) is 23.5 Å². The fraction of sp³-hybridized carbons (Fsp3) is 0. The Hall–Kier alpha value is -2.22. The molecule has 0 aliphatic carbocycles. The number of nitrogens with zero attached hydrogens (tertiary/aromatic N) is 2. The highest BCUT2D eigenvalue weighted by Crippen LogP contribution is 2.21. The van der Waals surface area contributed by atoms with Gasteiger partial charge in [-0.1, -0.05) is 0 Å². The molecular weight excluding hydrogens is 261 g/mol. The first kappa shape index (κ1) is 12.2. The molecule has 0 saturated carbocycles. The molecule has 94 valence electrons. The van der Waals surface area contributed by atoms with Crippen molar-refractivity contribution < 1.29 is 17.9 Å². The van der Waals surface area contributed by atoms with Crippen LogP contribution in [-0.2, 0) is 10.0 Å². The lowest BCUT2D eigenvalue weighted by molar-refractivity contribution is 0.468. The smallest absolute Gasteiger partial charge is 0.266 e. The van der Waals surface area contributed by atoms with Crippen LogP contribution in [0.5, 0.6) is 5.75 Å². The monoisotopic (exact) mass is 269 g/mol. The summed E-state index contributed by atoms with van der Waals surface area (Å²) in [5.41, 5.74) is 0. The molecule has 18 heavy (non-hydrogen) atoms. The van der Waals surface area contributed by atoms with Gasteiger partial charge in [0.25, 0.3) is 10.0 Å². The highest BCUT2D eigenvalue weighted by Gasteiger charge is 2.20. The maximum absolute atomic E-state index is 13.4. The maximum atomic E-state index is 13.4. The van der Waals surface area contributed by atoms with Gasteiger partial charge >= 0.3 is 0 Å². The Morgan fingerprint density at radius 1 is 1.28 bits per heavy atom. The van der Waals surface area contributed by atoms with Crippen LogP contribution in [0, 0.1) is 5.82 Å². The molecule has 0 aliphatic heterocycles. The van der Waals surface area contributed by atoms with Crippen molar-refractivity contribution >= 4 is 15.8 Å². The molecule has 0 radical (unpaired) electrons. The highest BCUT2D eigenvalue weighted by molar-refractivity contribution is 7.92. The van der Waals surface area contributed by atoms with E-state index in [0.29, 0.717) is 0 Å². The number of anilines is 1. The molecule has 8 heteroatoms. The lowest BCUT2D eigenvalue weighted by Crippen LogP contribution is -2.15. The van der Waals surface area contributed by atoms with Crippen LogP contribution in [0.2, 0.25) is 0 Å². The molecule has 0 bridgehead atoms. The van der Waals surface area contributed by atoms with E-state index in [-0.39, 0.29) is 11.6 Å². The first-order chi connectivity index (χ1) is 8.49. The molecule has 1 aromatic heterocycles. The summed E-state index contributed by atoms with van der Waals surface area (Å²) >= 11 is 0. The van der Waals surface area contributed by atoms with Crippen LogP contribution < -0.4 is 4.72 Å². The van der Waals surface area contributed by atoms with Crippen LogP contribution in [0.1, 0.15) is 0 Å². The Labute approximate surface area is 102 Å². The molecule has 2 aromatic rings. The predicted octanol–water partition coefficient (Wildman–Crippen LogP) is 1.12. The molecule has 0 amide bonds. The molecule has 2 N–H and O–H groups in total. The van der Waals surface area contributed by atoms with E-state index in [1.807, 2.05) is 0 Å². The van der Waals surface area contributed by atoms with Gasteiger partial charge in [-0.3, -0.25) is 4.72 Å². The zero-order valence-electron chi connectivity index (χ0n) is 8.91. The molecule has 1 heterocycles. The number of phenolic OH excluding ortho intramolecular Hbond substituents is 1. The lowest BCUT2D eigenvalue weighted by Gasteiger charge is -2.07. The molecule has 0 unspecified atom stereocenters. The number of phenols is 1. The first-order valence-electron chi connectivity index (χ1n) is 4.76. The van der Waals surface area contributed by atoms with Gasteiger partial charge in [0.05, 0.1) is 0 Å². The second-order valence-electron chi connectivity index (χ2n) is 3.31. The third kappa shape index (κ3) is 2.54. The molecule has 0 atom stereocenters. The van der Waals surface area contributed by atoms with E-state index in [9.17, 15) is 17.9 Å². The van der Waals surface area contributed by atoms with Gasteiger partial charge < -0.3 is 5.11 Å². The van der Waals surface area contributed by atoms with Gasteiger partial charge in [0.2, 0.25) is 0 Å². The van der Waals surface area contributed by atoms with Crippen molar-refractivity contribution in [3.05, 3.63) is 42.6 Å². The van der Waals surface area contributed by atoms with Crippen molar-refractivity contribution in [3.63, 3.8) is 0 Å². The predicted molar refractivity (Wildman–Crippen MR) is 60.9 cm³/mol. The van der Waals surface area contributed by atoms with E-state index in [0.717, 1.165) is 24.5 Å². The summed E-state index contributed by atoms with van der Waals surface area (Å²) in [6, 6.07) is 4.06. The van der Waals surface area contributed by atoms with Crippen LogP contribution >= 0.6 is 0 Å². The lowest BCUT2D eigenvalue weighted by atomic mass is 10.3. The van der Waals surface area contributed by atoms with Crippen LogP contribution in [0.15, 0.2) is 41.7 Å². The SMILES string of the molecule is O=S(=O)(Nc1ccncn1)c1cc(O)ccc1F. The Bertz CT molecular complexity index is 661. The van der Waals surface area contributed by atoms with Gasteiger partial charge in [-0.2, -0.15) is 0 Å². The summed E-state index contributed by atoms with van der Waals surface area (Å²) in [4.78, 5) is 6.62. The summed E-state index contributed by atoms with van der Waals surface area (Å²) in [6.45, 7) is 0. The number of hydrogen-bond acceptors (Lipinski definition) is 5. The van der Waals surface area contributed by atoms with E-state index in [1.54, 1.807) is 0 Å². The minimum Gasteiger partial charge on any atom is -0.508 e. The van der Waals surface area contributed by atoms with Gasteiger partial charge in [0, 0.05) is 12.3 Å². The van der Waals surface area contributed by atoms with Crippen molar-refractivity contribution in [2.75, 3.05) is 4.72 Å². The number of aromatic hydroxyl groups is 1. The van der Waals surface area contributed by atoms with Gasteiger partial charge in [-0.05, 0) is 18.2 Å². The Morgan fingerprint density at radius 3 is 2.72 bits per heavy atom. The summed E-state index contributed by atoms with van der Waals surface area (Å²) < 4.78 is 39.2. The zero-order chi connectivity index (χ0) is 13.2. The Morgan fingerprint density at radius 2 is 2.06 bits per heavy atom. The quantitative estimate of drug-likeness (QED) is 0.871. The first-order valence-corrected chi connectivity index (χ1v) is 6.25. The van der Waals surface area contributed by atoms with Crippen LogP contribution in [0.4, 0.5) is 10.2 Å². The molecule has 0 spiro atoms. The molecule has 2 rings (SSSR count). The number of hydrogen-bond donors (Lipinski definition) is 2. The number of sulfonamides is 1. The van der Waals surface area contributed by atoms with Crippen molar-refractivity contribution in [1.29, 1.82) is 0 Å². The largest absolute Gasteiger partial charge is 0.508 e.